The lowest BCUT2D eigenvalue weighted by Crippen LogP contribution is -2.14. The summed E-state index contributed by atoms with van der Waals surface area (Å²) in [6, 6.07) is 0. The third-order valence-corrected chi connectivity index (χ3v) is 1.33. The van der Waals surface area contributed by atoms with Crippen LogP contribution in [0.25, 0.3) is 0 Å². The maximum atomic E-state index is 10.4. The fourth-order valence-corrected chi connectivity index (χ4v) is 0.856. The minimum absolute atomic E-state index is 0.179. The molecule has 0 saturated carbocycles. The topological polar surface area (TPSA) is 71.2 Å². The van der Waals surface area contributed by atoms with Crippen molar-refractivity contribution in [1.29, 1.82) is 0 Å². The molecule has 0 atom stereocenters. The van der Waals surface area contributed by atoms with E-state index in [1.165, 1.54) is 4.68 Å². The van der Waals surface area contributed by atoms with Crippen LogP contribution >= 0.6 is 0 Å². The second kappa shape index (κ2) is 2.80. The zero-order valence-electron chi connectivity index (χ0n) is 7.14. The van der Waals surface area contributed by atoms with Gasteiger partial charge in [-0.15, -0.1) is 5.10 Å². The van der Waals surface area contributed by atoms with Gasteiger partial charge in [-0.25, -0.2) is 9.48 Å². The molecule has 0 aliphatic rings. The highest BCUT2D eigenvalue weighted by molar-refractivity contribution is 5.83. The Morgan fingerprint density at radius 3 is 2.42 bits per heavy atom. The van der Waals surface area contributed by atoms with Gasteiger partial charge in [-0.2, -0.15) is 4.98 Å². The van der Waals surface area contributed by atoms with E-state index in [1.54, 1.807) is 26.0 Å². The normalized spacial score (nSPS) is 9.92. The van der Waals surface area contributed by atoms with E-state index in [4.69, 9.17) is 5.11 Å². The molecule has 12 heavy (non-hydrogen) atoms. The predicted molar refractivity (Wildman–Crippen MR) is 42.3 cm³/mol. The molecule has 0 radical (unpaired) electrons. The molecule has 0 unspecified atom stereocenters. The Kier molecular flexibility index (Phi) is 1.99. The van der Waals surface area contributed by atoms with Gasteiger partial charge < -0.3 is 10.0 Å². The van der Waals surface area contributed by atoms with E-state index in [1.807, 2.05) is 0 Å². The molecule has 6 heteroatoms. The molecular formula is C6H10N4O2. The van der Waals surface area contributed by atoms with Crippen LogP contribution in [-0.4, -0.2) is 39.9 Å². The maximum absolute atomic E-state index is 10.4. The van der Waals surface area contributed by atoms with E-state index >= 15 is 0 Å². The summed E-state index contributed by atoms with van der Waals surface area (Å²) >= 11 is 0. The number of hydrogen-bond acceptors (Lipinski definition) is 4. The van der Waals surface area contributed by atoms with Gasteiger partial charge in [-0.05, 0) is 0 Å². The first-order valence-corrected chi connectivity index (χ1v) is 3.34. The predicted octanol–water partition coefficient (Wildman–Crippen LogP) is -0.421. The van der Waals surface area contributed by atoms with Crippen molar-refractivity contribution in [2.45, 2.75) is 0 Å². The average Bonchev–Trinajstić information content (AvgIpc) is 2.30. The lowest BCUT2D eigenvalue weighted by Gasteiger charge is -2.08. The van der Waals surface area contributed by atoms with E-state index in [9.17, 15) is 4.79 Å². The summed E-state index contributed by atoms with van der Waals surface area (Å²) in [5.74, 6) is -0.771. The number of aryl methyl sites for hydroxylation is 1. The molecule has 1 heterocycles. The number of carboxylic acid groups (broad SMARTS) is 1. The summed E-state index contributed by atoms with van der Waals surface area (Å²) < 4.78 is 1.42. The molecule has 0 saturated heterocycles. The summed E-state index contributed by atoms with van der Waals surface area (Å²) in [6.07, 6.45) is 0. The molecule has 6 nitrogen and oxygen atoms in total. The number of carbonyl (C=O) groups is 1. The van der Waals surface area contributed by atoms with Gasteiger partial charge in [0.2, 0.25) is 5.95 Å². The van der Waals surface area contributed by atoms with Crippen molar-refractivity contribution in [3.63, 3.8) is 0 Å². The van der Waals surface area contributed by atoms with Crippen LogP contribution in [0, 0.1) is 0 Å². The third kappa shape index (κ3) is 1.36. The van der Waals surface area contributed by atoms with Crippen LogP contribution in [0.1, 0.15) is 10.6 Å². The number of rotatable bonds is 2. The lowest BCUT2D eigenvalue weighted by molar-refractivity contribution is 0.0683. The number of aromatic nitrogens is 3. The lowest BCUT2D eigenvalue weighted by atomic mass is 10.6. The SMILES string of the molecule is CN(C)c1nc(C(=O)O)nn1C. The fourth-order valence-electron chi connectivity index (χ4n) is 0.856. The maximum Gasteiger partial charge on any atom is 0.375 e. The van der Waals surface area contributed by atoms with Crippen molar-refractivity contribution in [2.75, 3.05) is 19.0 Å². The van der Waals surface area contributed by atoms with Crippen molar-refractivity contribution in [3.05, 3.63) is 5.82 Å². The molecule has 0 spiro atoms. The van der Waals surface area contributed by atoms with Gasteiger partial charge in [0.05, 0.1) is 0 Å². The number of carboxylic acids is 1. The fraction of sp³-hybridized carbons (Fsp3) is 0.500. The monoisotopic (exact) mass is 170 g/mol. The van der Waals surface area contributed by atoms with Crippen molar-refractivity contribution in [1.82, 2.24) is 14.8 Å². The van der Waals surface area contributed by atoms with E-state index in [-0.39, 0.29) is 5.82 Å². The first-order chi connectivity index (χ1) is 5.52. The van der Waals surface area contributed by atoms with E-state index in [2.05, 4.69) is 10.1 Å². The summed E-state index contributed by atoms with van der Waals surface area (Å²) in [6.45, 7) is 0. The zero-order valence-corrected chi connectivity index (χ0v) is 7.14. The van der Waals surface area contributed by atoms with Crippen molar-refractivity contribution in [2.24, 2.45) is 7.05 Å². The molecule has 1 N–H and O–H groups in total. The van der Waals surface area contributed by atoms with Gasteiger partial charge >= 0.3 is 5.97 Å². The van der Waals surface area contributed by atoms with Gasteiger partial charge in [-0.1, -0.05) is 0 Å². The molecular weight excluding hydrogens is 160 g/mol. The Morgan fingerprint density at radius 1 is 1.58 bits per heavy atom. The summed E-state index contributed by atoms with van der Waals surface area (Å²) in [7, 11) is 5.19. The van der Waals surface area contributed by atoms with Crippen LogP contribution in [0.5, 0.6) is 0 Å². The molecule has 66 valence electrons. The highest BCUT2D eigenvalue weighted by Crippen LogP contribution is 2.05. The largest absolute Gasteiger partial charge is 0.475 e. The van der Waals surface area contributed by atoms with Crippen LogP contribution < -0.4 is 4.90 Å². The Balaban J connectivity index is 3.09. The Hall–Kier alpha value is -1.59. The summed E-state index contributed by atoms with van der Waals surface area (Å²) in [4.78, 5) is 15.9. The van der Waals surface area contributed by atoms with E-state index in [0.29, 0.717) is 5.95 Å². The average molecular weight is 170 g/mol. The van der Waals surface area contributed by atoms with Crippen molar-refractivity contribution in [3.8, 4) is 0 Å². The van der Waals surface area contributed by atoms with Gasteiger partial charge in [0, 0.05) is 21.1 Å². The summed E-state index contributed by atoms with van der Waals surface area (Å²) in [5.41, 5.74) is 0. The minimum Gasteiger partial charge on any atom is -0.475 e. The molecule has 0 aliphatic carbocycles. The van der Waals surface area contributed by atoms with Crippen molar-refractivity contribution < 1.29 is 9.90 Å². The number of hydrogen-bond donors (Lipinski definition) is 1. The molecule has 1 aromatic heterocycles. The van der Waals surface area contributed by atoms with Crippen LogP contribution in [0.2, 0.25) is 0 Å². The molecule has 0 fully saturated rings. The standard InChI is InChI=1S/C6H10N4O2/c1-9(2)6-7-4(5(11)12)8-10(6)3/h1-3H3,(H,11,12). The van der Waals surface area contributed by atoms with E-state index in [0.717, 1.165) is 0 Å². The van der Waals surface area contributed by atoms with Crippen LogP contribution in [0.3, 0.4) is 0 Å². The second-order valence-corrected chi connectivity index (χ2v) is 2.56. The van der Waals surface area contributed by atoms with Gasteiger partial charge in [-0.3, -0.25) is 0 Å². The molecule has 0 bridgehead atoms. The summed E-state index contributed by atoms with van der Waals surface area (Å²) in [5, 5.41) is 12.2. The van der Waals surface area contributed by atoms with Crippen LogP contribution in [-0.2, 0) is 7.05 Å². The quantitative estimate of drug-likeness (QED) is 0.652. The molecule has 0 amide bonds. The van der Waals surface area contributed by atoms with E-state index < -0.39 is 5.97 Å². The number of anilines is 1. The minimum atomic E-state index is -1.11. The Morgan fingerprint density at radius 2 is 2.17 bits per heavy atom. The highest BCUT2D eigenvalue weighted by atomic mass is 16.4. The van der Waals surface area contributed by atoms with Gasteiger partial charge in [0.1, 0.15) is 0 Å². The number of aromatic carboxylic acids is 1. The number of nitrogens with zero attached hydrogens (tertiary/aromatic N) is 4. The molecule has 0 aromatic carbocycles. The van der Waals surface area contributed by atoms with Crippen LogP contribution in [0.4, 0.5) is 5.95 Å². The smallest absolute Gasteiger partial charge is 0.375 e. The third-order valence-electron chi connectivity index (χ3n) is 1.33. The molecule has 0 aliphatic heterocycles. The van der Waals surface area contributed by atoms with Gasteiger partial charge in [0.25, 0.3) is 5.82 Å². The first-order valence-electron chi connectivity index (χ1n) is 3.34. The van der Waals surface area contributed by atoms with Gasteiger partial charge in [0.15, 0.2) is 0 Å². The highest BCUT2D eigenvalue weighted by Gasteiger charge is 2.13. The Labute approximate surface area is 69.4 Å². The molecule has 1 rings (SSSR count). The van der Waals surface area contributed by atoms with Crippen LogP contribution in [0.15, 0.2) is 0 Å². The second-order valence-electron chi connectivity index (χ2n) is 2.56. The first kappa shape index (κ1) is 8.51. The van der Waals surface area contributed by atoms with Crippen molar-refractivity contribution >= 4 is 11.9 Å². The zero-order chi connectivity index (χ0) is 9.30. The molecule has 1 aromatic rings. The Bertz CT molecular complexity index is 304.